The van der Waals surface area contributed by atoms with Crippen LogP contribution in [0.15, 0.2) is 106 Å². The Morgan fingerprint density at radius 2 is 1.40 bits per heavy atom. The number of fused-ring (bicyclic) bond motifs is 3. The van der Waals surface area contributed by atoms with Gasteiger partial charge in [0.05, 0.1) is 35.8 Å². The maximum atomic E-state index is 12.5. The number of carbonyl (C=O) groups is 1. The molecule has 1 fully saturated rings. The maximum Gasteiger partial charge on any atom is 0.348 e. The van der Waals surface area contributed by atoms with E-state index in [1.165, 1.54) is 42.4 Å². The van der Waals surface area contributed by atoms with Crippen LogP contribution in [0.1, 0.15) is 28.0 Å². The molecule has 0 spiro atoms. The third-order valence-corrected chi connectivity index (χ3v) is 9.00. The Bertz CT molecular complexity index is 2640. The molecule has 15 nitrogen and oxygen atoms in total. The molecule has 57 heavy (non-hydrogen) atoms. The Morgan fingerprint density at radius 1 is 0.807 bits per heavy atom. The molecule has 0 aliphatic carbocycles. The smallest absolute Gasteiger partial charge is 0.348 e. The van der Waals surface area contributed by atoms with E-state index in [0.717, 1.165) is 24.2 Å². The van der Waals surface area contributed by atoms with Crippen molar-refractivity contribution in [2.75, 3.05) is 47.1 Å². The normalized spacial score (nSPS) is 12.8. The van der Waals surface area contributed by atoms with Crippen molar-refractivity contribution in [1.82, 2.24) is 34.7 Å². The summed E-state index contributed by atoms with van der Waals surface area (Å²) in [7, 11) is 7.59. The van der Waals surface area contributed by atoms with Gasteiger partial charge in [-0.2, -0.15) is 4.98 Å². The third kappa shape index (κ3) is 10.5. The average molecular weight is 814 g/mol. The van der Waals surface area contributed by atoms with Crippen molar-refractivity contribution >= 4 is 67.8 Å². The predicted molar refractivity (Wildman–Crippen MR) is 219 cm³/mol. The van der Waals surface area contributed by atoms with Crippen LogP contribution in [-0.2, 0) is 0 Å². The Labute approximate surface area is 336 Å². The number of hydrogen-bond acceptors (Lipinski definition) is 14. The van der Waals surface area contributed by atoms with E-state index < -0.39 is 11.6 Å². The lowest BCUT2D eigenvalue weighted by Crippen LogP contribution is -2.25. The van der Waals surface area contributed by atoms with Gasteiger partial charge < -0.3 is 24.7 Å². The molecule has 294 valence electrons. The van der Waals surface area contributed by atoms with Crippen LogP contribution >= 0.6 is 23.2 Å². The molecule has 17 heteroatoms. The zero-order chi connectivity index (χ0) is 41.2. The zero-order valence-electron chi connectivity index (χ0n) is 31.5. The van der Waals surface area contributed by atoms with Crippen LogP contribution in [0.5, 0.6) is 11.5 Å². The number of nitrogen functional groups attached to an aromatic ring is 1. The van der Waals surface area contributed by atoms with E-state index in [1.54, 1.807) is 51.6 Å². The molecule has 6 heterocycles. The molecule has 8 rings (SSSR count). The van der Waals surface area contributed by atoms with E-state index in [1.807, 2.05) is 12.1 Å². The Hall–Kier alpha value is -6.26. The summed E-state index contributed by atoms with van der Waals surface area (Å²) in [4.78, 5) is 58.5. The van der Waals surface area contributed by atoms with Gasteiger partial charge in [-0.1, -0.05) is 35.3 Å². The quantitative estimate of drug-likeness (QED) is 0.201. The summed E-state index contributed by atoms with van der Waals surface area (Å²) >= 11 is 11.5. The minimum absolute atomic E-state index is 0.0440. The van der Waals surface area contributed by atoms with Crippen LogP contribution < -0.4 is 26.3 Å². The largest absolute Gasteiger partial charge is 0.497 e. The number of aromatic nitrogens is 5. The first-order valence-electron chi connectivity index (χ1n) is 17.1. The minimum Gasteiger partial charge on any atom is -0.497 e. The van der Waals surface area contributed by atoms with E-state index in [9.17, 15) is 14.4 Å². The zero-order valence-corrected chi connectivity index (χ0v) is 33.0. The van der Waals surface area contributed by atoms with Gasteiger partial charge in [0.2, 0.25) is 0 Å². The fraction of sp³-hybridized carbons (Fsp3) is 0.200. The van der Waals surface area contributed by atoms with Crippen LogP contribution in [0.4, 0.5) is 5.82 Å². The molecule has 7 aromatic rings. The van der Waals surface area contributed by atoms with Crippen molar-refractivity contribution < 1.29 is 23.8 Å². The number of aromatic carboxylic acids is 1. The second-order valence-electron chi connectivity index (χ2n) is 12.5. The molecule has 0 atom stereocenters. The first-order valence-corrected chi connectivity index (χ1v) is 17.9. The molecular weight excluding hydrogens is 775 g/mol. The van der Waals surface area contributed by atoms with Gasteiger partial charge in [-0.05, 0) is 74.3 Å². The Balaban J connectivity index is 0.000000149. The van der Waals surface area contributed by atoms with Gasteiger partial charge in [0, 0.05) is 55.6 Å². The monoisotopic (exact) mass is 812 g/mol. The van der Waals surface area contributed by atoms with Crippen molar-refractivity contribution in [3.8, 4) is 11.5 Å². The summed E-state index contributed by atoms with van der Waals surface area (Å²) in [5.41, 5.74) is 6.73. The highest BCUT2D eigenvalue weighted by Gasteiger charge is 2.27. The van der Waals surface area contributed by atoms with E-state index in [4.69, 9.17) is 47.9 Å². The molecule has 1 saturated heterocycles. The van der Waals surface area contributed by atoms with Gasteiger partial charge in [0.15, 0.2) is 22.6 Å². The average Bonchev–Trinajstić information content (AvgIpc) is 3.47. The highest BCUT2D eigenvalue weighted by Crippen LogP contribution is 2.28. The molecule has 3 N–H and O–H groups in total. The molecule has 0 unspecified atom stereocenters. The molecule has 2 aromatic carbocycles. The first kappa shape index (κ1) is 41.9. The number of hydrogen-bond donors (Lipinski definition) is 2. The summed E-state index contributed by atoms with van der Waals surface area (Å²) < 4.78 is 15.1. The SMILES string of the molecule is COc1ccc(C2N(C)CCN2C)cc1.COc1ccc2cnc3ncc(Cl)cc3c(=O)c2c1.Cc1nc2ncc(Cl)cc2c(=O)o1.Nc1ncccc1C(=O)O. The van der Waals surface area contributed by atoms with Crippen molar-refractivity contribution in [3.05, 3.63) is 139 Å². The molecule has 1 aliphatic rings. The van der Waals surface area contributed by atoms with Crippen LogP contribution in [0.25, 0.3) is 32.8 Å². The number of anilines is 1. The van der Waals surface area contributed by atoms with Crippen molar-refractivity contribution in [3.63, 3.8) is 0 Å². The predicted octanol–water partition coefficient (Wildman–Crippen LogP) is 6.28. The second kappa shape index (κ2) is 19.1. The van der Waals surface area contributed by atoms with Gasteiger partial charge in [0.25, 0.3) is 0 Å². The number of rotatable bonds is 4. The standard InChI is InChI=1S/C14H9ClN2O2.C12H18N2O.C8H5ClN2O2.C6H6N2O2/c1-19-10-3-2-8-6-16-14-12(4-9(15)7-17-14)13(18)11(8)5-10;1-13-8-9-14(2)12(13)10-4-6-11(15-3)7-5-10;1-4-11-7-6(8(12)13-4)2-5(9)3-10-7;7-5-4(6(9)10)2-1-3-8-5/h2-7H,1H3;4-7,12H,8-9H2,1-3H3;2-3H,1H3;1-3H,(H2,7,8)(H,9,10). The van der Waals surface area contributed by atoms with Gasteiger partial charge in [0.1, 0.15) is 28.3 Å². The third-order valence-electron chi connectivity index (χ3n) is 8.59. The molecule has 0 bridgehead atoms. The van der Waals surface area contributed by atoms with Gasteiger partial charge in [-0.3, -0.25) is 14.6 Å². The second-order valence-corrected chi connectivity index (χ2v) is 13.3. The number of pyridine rings is 3. The number of carboxylic acids is 1. The minimum atomic E-state index is -1.05. The molecular formula is C40H38Cl2N8O7. The number of carboxylic acid groups (broad SMARTS) is 1. The van der Waals surface area contributed by atoms with Gasteiger partial charge in [-0.15, -0.1) is 0 Å². The molecule has 5 aromatic heterocycles. The molecule has 0 amide bonds. The lowest BCUT2D eigenvalue weighted by molar-refractivity contribution is 0.0697. The van der Waals surface area contributed by atoms with Crippen LogP contribution in [0.2, 0.25) is 10.0 Å². The van der Waals surface area contributed by atoms with Crippen LogP contribution in [0, 0.1) is 6.92 Å². The Morgan fingerprint density at radius 3 is 2.00 bits per heavy atom. The number of nitrogens with zero attached hydrogens (tertiary/aromatic N) is 7. The van der Waals surface area contributed by atoms with Crippen LogP contribution in [-0.4, -0.2) is 87.2 Å². The topological polar surface area (TPSA) is 200 Å². The number of ether oxygens (including phenoxy) is 2. The summed E-state index contributed by atoms with van der Waals surface area (Å²) in [5, 5.41) is 11.2. The van der Waals surface area contributed by atoms with Gasteiger partial charge >= 0.3 is 11.6 Å². The fourth-order valence-electron chi connectivity index (χ4n) is 5.76. The molecule has 1 aliphatic heterocycles. The summed E-state index contributed by atoms with van der Waals surface area (Å²) in [6.45, 7) is 3.86. The Kier molecular flexibility index (Phi) is 14.0. The lowest BCUT2D eigenvalue weighted by atomic mass is 10.1. The van der Waals surface area contributed by atoms with E-state index in [0.29, 0.717) is 55.3 Å². The van der Waals surface area contributed by atoms with E-state index in [2.05, 4.69) is 60.9 Å². The summed E-state index contributed by atoms with van der Waals surface area (Å²) in [5.74, 6) is 0.842. The van der Waals surface area contributed by atoms with Crippen molar-refractivity contribution in [2.24, 2.45) is 0 Å². The highest BCUT2D eigenvalue weighted by atomic mass is 35.5. The highest BCUT2D eigenvalue weighted by molar-refractivity contribution is 6.31. The number of halogens is 2. The summed E-state index contributed by atoms with van der Waals surface area (Å²) in [6.07, 6.45) is 6.40. The molecule has 0 radical (unpaired) electrons. The number of benzene rings is 2. The van der Waals surface area contributed by atoms with E-state index >= 15 is 0 Å². The first-order chi connectivity index (χ1) is 27.3. The maximum absolute atomic E-state index is 12.5. The lowest BCUT2D eigenvalue weighted by Gasteiger charge is -2.25. The number of nitrogens with two attached hydrogens (primary N) is 1. The number of aryl methyl sites for hydroxylation is 1. The van der Waals surface area contributed by atoms with Crippen molar-refractivity contribution in [2.45, 2.75) is 13.1 Å². The van der Waals surface area contributed by atoms with E-state index in [-0.39, 0.29) is 16.8 Å². The van der Waals surface area contributed by atoms with Gasteiger partial charge in [-0.25, -0.2) is 29.5 Å². The fourth-order valence-corrected chi connectivity index (χ4v) is 6.08. The number of likely N-dealkylation sites (N-methyl/N-ethyl adjacent to an activating group) is 2. The number of methoxy groups -OCH3 is 2. The summed E-state index contributed by atoms with van der Waals surface area (Å²) in [6, 6.07) is 19.6. The van der Waals surface area contributed by atoms with Crippen molar-refractivity contribution in [1.29, 1.82) is 0 Å². The van der Waals surface area contributed by atoms with Crippen LogP contribution in [0.3, 0.4) is 0 Å². The molecule has 0 saturated carbocycles.